The average Bonchev–Trinajstić information content (AvgIpc) is 3.36. The number of benzene rings is 2. The minimum atomic E-state index is -0.144. The summed E-state index contributed by atoms with van der Waals surface area (Å²) in [6, 6.07) is 14.5. The zero-order valence-electron chi connectivity index (χ0n) is 13.0. The van der Waals surface area contributed by atoms with E-state index < -0.39 is 0 Å². The number of nitrogens with one attached hydrogen (secondary N) is 2. The van der Waals surface area contributed by atoms with Gasteiger partial charge in [-0.25, -0.2) is 0 Å². The number of nitrogens with two attached hydrogens (primary N) is 1. The molecule has 4 nitrogen and oxygen atoms in total. The number of hydrogen-bond acceptors (Lipinski definition) is 3. The molecule has 4 rings (SSSR count). The van der Waals surface area contributed by atoms with E-state index in [-0.39, 0.29) is 5.91 Å². The molecular formula is C20H17N3O. The maximum Gasteiger partial charge on any atom is 0.255 e. The number of allylic oxidation sites excluding steroid dienone is 5. The Morgan fingerprint density at radius 3 is 2.29 bits per heavy atom. The third-order valence-corrected chi connectivity index (χ3v) is 4.07. The van der Waals surface area contributed by atoms with E-state index >= 15 is 0 Å². The number of hydrogen-bond donors (Lipinski definition) is 3. The lowest BCUT2D eigenvalue weighted by Gasteiger charge is -2.11. The smallest absolute Gasteiger partial charge is 0.255 e. The van der Waals surface area contributed by atoms with Crippen LogP contribution < -0.4 is 16.4 Å². The molecular weight excluding hydrogens is 298 g/mol. The topological polar surface area (TPSA) is 67.1 Å². The van der Waals surface area contributed by atoms with Crippen molar-refractivity contribution in [2.75, 3.05) is 16.4 Å². The van der Waals surface area contributed by atoms with Crippen molar-refractivity contribution >= 4 is 23.0 Å². The van der Waals surface area contributed by atoms with E-state index in [1.54, 1.807) is 24.3 Å². The fraction of sp³-hybridized carbons (Fsp3) is 0.0500. The third-order valence-electron chi connectivity index (χ3n) is 4.07. The second-order valence-electron chi connectivity index (χ2n) is 5.93. The molecule has 0 heterocycles. The van der Waals surface area contributed by atoms with Gasteiger partial charge in [0.15, 0.2) is 0 Å². The number of fused-ring (bicyclic) bond motifs is 1. The maximum absolute atomic E-state index is 12.3. The van der Waals surface area contributed by atoms with E-state index in [1.807, 2.05) is 24.3 Å². The van der Waals surface area contributed by atoms with E-state index in [0.717, 1.165) is 17.1 Å². The summed E-state index contributed by atoms with van der Waals surface area (Å²) in [5.74, 6) is 0.359. The molecule has 2 aliphatic rings. The molecule has 0 saturated carbocycles. The first-order valence-electron chi connectivity index (χ1n) is 7.83. The number of rotatable bonds is 4. The first-order chi connectivity index (χ1) is 11.7. The van der Waals surface area contributed by atoms with Crippen LogP contribution in [-0.4, -0.2) is 5.91 Å². The second-order valence-corrected chi connectivity index (χ2v) is 5.93. The van der Waals surface area contributed by atoms with Gasteiger partial charge < -0.3 is 16.4 Å². The molecule has 0 bridgehead atoms. The molecule has 24 heavy (non-hydrogen) atoms. The van der Waals surface area contributed by atoms with E-state index in [0.29, 0.717) is 17.2 Å². The highest BCUT2D eigenvalue weighted by molar-refractivity contribution is 6.04. The van der Waals surface area contributed by atoms with Gasteiger partial charge in [-0.05, 0) is 66.3 Å². The number of amides is 1. The van der Waals surface area contributed by atoms with Crippen LogP contribution >= 0.6 is 0 Å². The Hall–Kier alpha value is -3.27. The van der Waals surface area contributed by atoms with E-state index in [2.05, 4.69) is 34.9 Å². The minimum absolute atomic E-state index is 0.144. The van der Waals surface area contributed by atoms with Crippen LogP contribution in [0.1, 0.15) is 10.4 Å². The average molecular weight is 315 g/mol. The highest BCUT2D eigenvalue weighted by Gasteiger charge is 2.22. The van der Waals surface area contributed by atoms with Crippen molar-refractivity contribution in [2.24, 2.45) is 5.92 Å². The SMILES string of the molecule is Nc1ccc(NC(=O)c2ccc(NC3=CC4C=C4C=C3)cc2)cc1. The Labute approximate surface area is 140 Å². The van der Waals surface area contributed by atoms with Crippen molar-refractivity contribution in [3.05, 3.63) is 89.7 Å². The molecule has 0 radical (unpaired) electrons. The maximum atomic E-state index is 12.3. The predicted octanol–water partition coefficient (Wildman–Crippen LogP) is 3.94. The van der Waals surface area contributed by atoms with Crippen LogP contribution in [0.5, 0.6) is 0 Å². The predicted molar refractivity (Wildman–Crippen MR) is 97.7 cm³/mol. The first kappa shape index (κ1) is 14.3. The van der Waals surface area contributed by atoms with Crippen molar-refractivity contribution in [3.8, 4) is 0 Å². The molecule has 0 fully saturated rings. The first-order valence-corrected chi connectivity index (χ1v) is 7.83. The molecule has 1 amide bonds. The zero-order chi connectivity index (χ0) is 16.5. The third kappa shape index (κ3) is 3.08. The van der Waals surface area contributed by atoms with Crippen LogP contribution in [0.2, 0.25) is 0 Å². The van der Waals surface area contributed by atoms with Crippen LogP contribution in [-0.2, 0) is 0 Å². The van der Waals surface area contributed by atoms with Crippen LogP contribution in [0, 0.1) is 5.92 Å². The van der Waals surface area contributed by atoms with Crippen molar-refractivity contribution in [1.29, 1.82) is 0 Å². The molecule has 0 spiro atoms. The van der Waals surface area contributed by atoms with Gasteiger partial charge >= 0.3 is 0 Å². The summed E-state index contributed by atoms with van der Waals surface area (Å²) in [6.07, 6.45) is 8.60. The molecule has 0 aliphatic heterocycles. The second kappa shape index (κ2) is 5.74. The summed E-state index contributed by atoms with van der Waals surface area (Å²) in [5.41, 5.74) is 11.1. The van der Waals surface area contributed by atoms with Gasteiger partial charge in [-0.2, -0.15) is 0 Å². The molecule has 0 saturated heterocycles. The summed E-state index contributed by atoms with van der Waals surface area (Å²) in [4.78, 5) is 12.3. The molecule has 4 heteroatoms. The molecule has 1 unspecified atom stereocenters. The molecule has 0 aromatic heterocycles. The van der Waals surface area contributed by atoms with Gasteiger partial charge in [0.05, 0.1) is 0 Å². The summed E-state index contributed by atoms with van der Waals surface area (Å²) in [6.45, 7) is 0. The van der Waals surface area contributed by atoms with Crippen molar-refractivity contribution < 1.29 is 4.79 Å². The van der Waals surface area contributed by atoms with Crippen molar-refractivity contribution in [3.63, 3.8) is 0 Å². The molecule has 1 atom stereocenters. The number of carbonyl (C=O) groups excluding carboxylic acids is 1. The summed E-state index contributed by atoms with van der Waals surface area (Å²) >= 11 is 0. The Balaban J connectivity index is 1.40. The quantitative estimate of drug-likeness (QED) is 0.749. The molecule has 2 aromatic carbocycles. The Morgan fingerprint density at radius 2 is 1.58 bits per heavy atom. The van der Waals surface area contributed by atoms with Gasteiger partial charge in [0.2, 0.25) is 0 Å². The Kier molecular flexibility index (Phi) is 3.43. The molecule has 4 N–H and O–H groups in total. The normalized spacial score (nSPS) is 17.4. The van der Waals surface area contributed by atoms with Gasteiger partial charge in [0, 0.05) is 34.2 Å². The number of nitrogen functional groups attached to an aromatic ring is 1. The molecule has 2 aliphatic carbocycles. The lowest BCUT2D eigenvalue weighted by atomic mass is 10.1. The van der Waals surface area contributed by atoms with Crippen LogP contribution in [0.25, 0.3) is 0 Å². The fourth-order valence-corrected chi connectivity index (χ4v) is 2.63. The number of carbonyl (C=O) groups is 1. The van der Waals surface area contributed by atoms with Crippen LogP contribution in [0.3, 0.4) is 0 Å². The van der Waals surface area contributed by atoms with Gasteiger partial charge in [0.1, 0.15) is 0 Å². The standard InChI is InChI=1S/C20H17N3O/c21-16-4-9-18(10-5-16)23-20(24)13-1-6-17(7-2-13)22-19-8-3-14-11-15(14)12-19/h1-12,15,22H,21H2,(H,23,24). The minimum Gasteiger partial charge on any atom is -0.399 e. The van der Waals surface area contributed by atoms with Crippen LogP contribution in [0.4, 0.5) is 17.1 Å². The molecule has 2 aromatic rings. The van der Waals surface area contributed by atoms with Crippen LogP contribution in [0.15, 0.2) is 84.1 Å². The van der Waals surface area contributed by atoms with Crippen molar-refractivity contribution in [2.45, 2.75) is 0 Å². The summed E-state index contributed by atoms with van der Waals surface area (Å²) in [7, 11) is 0. The molecule has 118 valence electrons. The lowest BCUT2D eigenvalue weighted by molar-refractivity contribution is 0.102. The van der Waals surface area contributed by atoms with E-state index in [1.165, 1.54) is 5.57 Å². The fourth-order valence-electron chi connectivity index (χ4n) is 2.63. The van der Waals surface area contributed by atoms with E-state index in [4.69, 9.17) is 5.73 Å². The summed E-state index contributed by atoms with van der Waals surface area (Å²) in [5, 5.41) is 6.21. The largest absolute Gasteiger partial charge is 0.399 e. The summed E-state index contributed by atoms with van der Waals surface area (Å²) < 4.78 is 0. The lowest BCUT2D eigenvalue weighted by Crippen LogP contribution is -2.11. The van der Waals surface area contributed by atoms with Gasteiger partial charge in [-0.1, -0.05) is 12.2 Å². The Morgan fingerprint density at radius 1 is 0.875 bits per heavy atom. The zero-order valence-corrected chi connectivity index (χ0v) is 13.0. The monoisotopic (exact) mass is 315 g/mol. The van der Waals surface area contributed by atoms with Gasteiger partial charge in [-0.15, -0.1) is 0 Å². The van der Waals surface area contributed by atoms with E-state index in [9.17, 15) is 4.79 Å². The highest BCUT2D eigenvalue weighted by atomic mass is 16.1. The van der Waals surface area contributed by atoms with Gasteiger partial charge in [-0.3, -0.25) is 4.79 Å². The highest BCUT2D eigenvalue weighted by Crippen LogP contribution is 2.36. The van der Waals surface area contributed by atoms with Crippen molar-refractivity contribution in [1.82, 2.24) is 0 Å². The Bertz CT molecular complexity index is 874. The number of anilines is 3. The van der Waals surface area contributed by atoms with Gasteiger partial charge in [0.25, 0.3) is 5.91 Å².